The number of nitrogens with one attached hydrogen (secondary N) is 1. The Kier molecular flexibility index (Phi) is 4.95. The number of para-hydroxylation sites is 1. The van der Waals surface area contributed by atoms with Gasteiger partial charge in [0.1, 0.15) is 0 Å². The lowest BCUT2D eigenvalue weighted by molar-refractivity contribution is 0.0951. The molecule has 0 saturated heterocycles. The third-order valence-corrected chi connectivity index (χ3v) is 3.84. The molecule has 0 saturated carbocycles. The van der Waals surface area contributed by atoms with Crippen molar-refractivity contribution in [2.45, 2.75) is 6.54 Å². The maximum atomic E-state index is 12.6. The molecule has 5 nitrogen and oxygen atoms in total. The Balaban J connectivity index is 1.78. The van der Waals surface area contributed by atoms with Gasteiger partial charge in [-0.25, -0.2) is 0 Å². The molecule has 0 aliphatic carbocycles. The molecule has 2 amide bonds. The molecule has 1 N–H and O–H groups in total. The first kappa shape index (κ1) is 16.5. The second kappa shape index (κ2) is 7.49. The first-order valence-electron chi connectivity index (χ1n) is 7.89. The maximum Gasteiger partial charge on any atom is 0.293 e. The summed E-state index contributed by atoms with van der Waals surface area (Å²) >= 11 is 0. The van der Waals surface area contributed by atoms with E-state index >= 15 is 0 Å². The van der Waals surface area contributed by atoms with Crippen LogP contribution in [-0.4, -0.2) is 18.9 Å². The maximum absolute atomic E-state index is 12.6. The van der Waals surface area contributed by atoms with Crippen molar-refractivity contribution in [2.75, 3.05) is 11.9 Å². The second-order valence-corrected chi connectivity index (χ2v) is 5.53. The molecule has 0 fully saturated rings. The molecule has 126 valence electrons. The van der Waals surface area contributed by atoms with Crippen LogP contribution < -0.4 is 10.2 Å². The lowest BCUT2D eigenvalue weighted by Gasteiger charge is -2.19. The minimum atomic E-state index is -0.312. The smallest absolute Gasteiger partial charge is 0.293 e. The molecule has 1 heterocycles. The van der Waals surface area contributed by atoms with Crippen LogP contribution in [0.25, 0.3) is 0 Å². The molecule has 5 heteroatoms. The summed E-state index contributed by atoms with van der Waals surface area (Å²) in [7, 11) is 1.62. The van der Waals surface area contributed by atoms with Crippen LogP contribution in [0.2, 0.25) is 0 Å². The number of hydrogen-bond acceptors (Lipinski definition) is 3. The molecular weight excluding hydrogens is 316 g/mol. The van der Waals surface area contributed by atoms with Crippen LogP contribution >= 0.6 is 0 Å². The third kappa shape index (κ3) is 3.77. The van der Waals surface area contributed by atoms with E-state index in [9.17, 15) is 9.59 Å². The van der Waals surface area contributed by atoms with E-state index in [2.05, 4.69) is 5.32 Å². The molecule has 0 aliphatic heterocycles. The monoisotopic (exact) mass is 334 g/mol. The van der Waals surface area contributed by atoms with Crippen molar-refractivity contribution >= 4 is 17.5 Å². The number of hydrogen-bond donors (Lipinski definition) is 1. The SMILES string of the molecule is CN(C(=O)c1ccco1)c1ccccc1C(=O)NCc1ccccc1. The number of benzene rings is 2. The van der Waals surface area contributed by atoms with Gasteiger partial charge in [0.25, 0.3) is 11.8 Å². The van der Waals surface area contributed by atoms with Gasteiger partial charge in [-0.2, -0.15) is 0 Å². The summed E-state index contributed by atoms with van der Waals surface area (Å²) in [5.74, 6) is -0.325. The number of rotatable bonds is 5. The van der Waals surface area contributed by atoms with Gasteiger partial charge >= 0.3 is 0 Å². The number of amides is 2. The van der Waals surface area contributed by atoms with Crippen molar-refractivity contribution in [3.8, 4) is 0 Å². The summed E-state index contributed by atoms with van der Waals surface area (Å²) < 4.78 is 5.15. The minimum absolute atomic E-state index is 0.224. The number of carbonyl (C=O) groups is 2. The van der Waals surface area contributed by atoms with Gasteiger partial charge in [-0.15, -0.1) is 0 Å². The highest BCUT2D eigenvalue weighted by Crippen LogP contribution is 2.21. The van der Waals surface area contributed by atoms with Crippen LogP contribution in [0.4, 0.5) is 5.69 Å². The molecular formula is C20H18N2O3. The van der Waals surface area contributed by atoms with Gasteiger partial charge in [0, 0.05) is 13.6 Å². The van der Waals surface area contributed by atoms with Crippen molar-refractivity contribution in [3.63, 3.8) is 0 Å². The first-order valence-corrected chi connectivity index (χ1v) is 7.89. The fraction of sp³-hybridized carbons (Fsp3) is 0.100. The Bertz CT molecular complexity index is 858. The summed E-state index contributed by atoms with van der Waals surface area (Å²) in [5, 5.41) is 2.88. The van der Waals surface area contributed by atoms with Gasteiger partial charge in [-0.05, 0) is 29.8 Å². The molecule has 0 atom stereocenters. The van der Waals surface area contributed by atoms with Crippen LogP contribution in [0.3, 0.4) is 0 Å². The predicted molar refractivity (Wildman–Crippen MR) is 95.5 cm³/mol. The fourth-order valence-electron chi connectivity index (χ4n) is 2.51. The van der Waals surface area contributed by atoms with Gasteiger partial charge in [-0.3, -0.25) is 9.59 Å². The standard InChI is InChI=1S/C20H18N2O3/c1-22(20(24)18-12-7-13-25-18)17-11-6-5-10-16(17)19(23)21-14-15-8-3-2-4-9-15/h2-13H,14H2,1H3,(H,21,23). The van der Waals surface area contributed by atoms with Gasteiger partial charge in [0.05, 0.1) is 17.5 Å². The Labute approximate surface area is 145 Å². The number of nitrogens with zero attached hydrogens (tertiary/aromatic N) is 1. The number of furan rings is 1. The quantitative estimate of drug-likeness (QED) is 0.777. The molecule has 0 radical (unpaired) electrons. The van der Waals surface area contributed by atoms with Crippen LogP contribution in [0, 0.1) is 0 Å². The normalized spacial score (nSPS) is 10.3. The molecule has 2 aromatic carbocycles. The highest BCUT2D eigenvalue weighted by molar-refractivity contribution is 6.09. The highest BCUT2D eigenvalue weighted by atomic mass is 16.3. The molecule has 1 aromatic heterocycles. The largest absolute Gasteiger partial charge is 0.459 e. The second-order valence-electron chi connectivity index (χ2n) is 5.53. The van der Waals surface area contributed by atoms with E-state index in [1.807, 2.05) is 30.3 Å². The van der Waals surface area contributed by atoms with E-state index < -0.39 is 0 Å². The van der Waals surface area contributed by atoms with Crippen molar-refractivity contribution in [2.24, 2.45) is 0 Å². The zero-order chi connectivity index (χ0) is 17.6. The number of anilines is 1. The van der Waals surface area contributed by atoms with Crippen LogP contribution in [0.1, 0.15) is 26.5 Å². The number of carbonyl (C=O) groups excluding carboxylic acids is 2. The van der Waals surface area contributed by atoms with Crippen LogP contribution in [0.5, 0.6) is 0 Å². The predicted octanol–water partition coefficient (Wildman–Crippen LogP) is 3.49. The van der Waals surface area contributed by atoms with E-state index in [0.29, 0.717) is 17.8 Å². The van der Waals surface area contributed by atoms with E-state index in [1.54, 1.807) is 43.4 Å². The van der Waals surface area contributed by atoms with E-state index in [1.165, 1.54) is 11.2 Å². The Morgan fingerprint density at radius 3 is 2.40 bits per heavy atom. The third-order valence-electron chi connectivity index (χ3n) is 3.84. The zero-order valence-corrected chi connectivity index (χ0v) is 13.8. The van der Waals surface area contributed by atoms with Gasteiger partial charge in [0.2, 0.25) is 0 Å². The molecule has 3 aromatic rings. The molecule has 0 aliphatic rings. The van der Waals surface area contributed by atoms with E-state index in [-0.39, 0.29) is 17.6 Å². The molecule has 0 spiro atoms. The Morgan fingerprint density at radius 2 is 1.68 bits per heavy atom. The lowest BCUT2D eigenvalue weighted by atomic mass is 10.1. The van der Waals surface area contributed by atoms with Crippen LogP contribution in [-0.2, 0) is 6.54 Å². The van der Waals surface area contributed by atoms with Crippen LogP contribution in [0.15, 0.2) is 77.4 Å². The van der Waals surface area contributed by atoms with Gasteiger partial charge in [-0.1, -0.05) is 42.5 Å². The summed E-state index contributed by atoms with van der Waals surface area (Å²) in [5.41, 5.74) is 1.96. The van der Waals surface area contributed by atoms with E-state index in [4.69, 9.17) is 4.42 Å². The summed E-state index contributed by atoms with van der Waals surface area (Å²) in [6.45, 7) is 0.420. The zero-order valence-electron chi connectivity index (χ0n) is 13.8. The lowest BCUT2D eigenvalue weighted by Crippen LogP contribution is -2.30. The fourth-order valence-corrected chi connectivity index (χ4v) is 2.51. The molecule has 0 unspecified atom stereocenters. The first-order chi connectivity index (χ1) is 12.2. The average Bonchev–Trinajstić information content (AvgIpc) is 3.20. The van der Waals surface area contributed by atoms with Gasteiger partial charge < -0.3 is 14.6 Å². The molecule has 3 rings (SSSR count). The Morgan fingerprint density at radius 1 is 0.960 bits per heavy atom. The topological polar surface area (TPSA) is 62.6 Å². The summed E-state index contributed by atoms with van der Waals surface area (Å²) in [4.78, 5) is 26.5. The summed E-state index contributed by atoms with van der Waals surface area (Å²) in [6.07, 6.45) is 1.44. The minimum Gasteiger partial charge on any atom is -0.459 e. The molecule has 0 bridgehead atoms. The van der Waals surface area contributed by atoms with E-state index in [0.717, 1.165) is 5.56 Å². The van der Waals surface area contributed by atoms with Crippen molar-refractivity contribution in [3.05, 3.63) is 89.9 Å². The Hall–Kier alpha value is -3.34. The summed E-state index contributed by atoms with van der Waals surface area (Å²) in [6, 6.07) is 19.9. The average molecular weight is 334 g/mol. The van der Waals surface area contributed by atoms with Crippen molar-refractivity contribution in [1.29, 1.82) is 0 Å². The van der Waals surface area contributed by atoms with Crippen molar-refractivity contribution < 1.29 is 14.0 Å². The highest BCUT2D eigenvalue weighted by Gasteiger charge is 2.21. The van der Waals surface area contributed by atoms with Crippen molar-refractivity contribution in [1.82, 2.24) is 5.32 Å². The van der Waals surface area contributed by atoms with Gasteiger partial charge in [0.15, 0.2) is 5.76 Å². The molecule has 25 heavy (non-hydrogen) atoms.